The van der Waals surface area contributed by atoms with Gasteiger partial charge in [-0.25, -0.2) is 0 Å². The van der Waals surface area contributed by atoms with Gasteiger partial charge in [0, 0.05) is 23.2 Å². The molecular weight excluding hydrogens is 335 g/mol. The van der Waals surface area contributed by atoms with Crippen LogP contribution in [0.3, 0.4) is 0 Å². The minimum Gasteiger partial charge on any atom is -0.375 e. The van der Waals surface area contributed by atoms with Crippen molar-refractivity contribution in [3.05, 3.63) is 66.6 Å². The fraction of sp³-hybridized carbons (Fsp3) is 0.143. The maximum absolute atomic E-state index is 11.1. The van der Waals surface area contributed by atoms with E-state index in [9.17, 15) is 10.1 Å². The second-order valence-electron chi connectivity index (χ2n) is 4.45. The van der Waals surface area contributed by atoms with E-state index < -0.39 is 4.92 Å². The molecule has 0 saturated carbocycles. The summed E-state index contributed by atoms with van der Waals surface area (Å²) in [4.78, 5) is 10.6. The summed E-state index contributed by atoms with van der Waals surface area (Å²) in [6.07, 6.45) is 0. The Labute approximate surface area is 136 Å². The Balaban J connectivity index is 2.29. The van der Waals surface area contributed by atoms with E-state index in [-0.39, 0.29) is 12.2 Å². The number of anilines is 1. The molecule has 0 aliphatic rings. The number of nitro groups is 1. The van der Waals surface area contributed by atoms with Crippen LogP contribution in [0.4, 0.5) is 11.4 Å². The predicted molar refractivity (Wildman–Crippen MR) is 86.6 cm³/mol. The highest BCUT2D eigenvalue weighted by molar-refractivity contribution is 6.44. The van der Waals surface area contributed by atoms with Gasteiger partial charge in [0.2, 0.25) is 0 Å². The molecule has 110 valence electrons. The van der Waals surface area contributed by atoms with Crippen LogP contribution >= 0.6 is 34.8 Å². The van der Waals surface area contributed by atoms with Crippen LogP contribution in [0.15, 0.2) is 30.3 Å². The first-order valence-electron chi connectivity index (χ1n) is 6.01. The first kappa shape index (κ1) is 15.9. The highest BCUT2D eigenvalue weighted by Gasteiger charge is 2.15. The number of nitrogens with zero attached hydrogens (tertiary/aromatic N) is 1. The van der Waals surface area contributed by atoms with Crippen LogP contribution in [0.1, 0.15) is 11.1 Å². The Hall–Kier alpha value is -1.49. The molecule has 21 heavy (non-hydrogen) atoms. The Morgan fingerprint density at radius 1 is 1.14 bits per heavy atom. The van der Waals surface area contributed by atoms with E-state index in [0.717, 1.165) is 5.56 Å². The van der Waals surface area contributed by atoms with E-state index >= 15 is 0 Å². The summed E-state index contributed by atoms with van der Waals surface area (Å²) in [6.45, 7) is 2.03. The van der Waals surface area contributed by atoms with Gasteiger partial charge in [-0.2, -0.15) is 0 Å². The Morgan fingerprint density at radius 3 is 2.48 bits per heavy atom. The minimum absolute atomic E-state index is 0.00396. The van der Waals surface area contributed by atoms with E-state index in [2.05, 4.69) is 5.32 Å². The van der Waals surface area contributed by atoms with Crippen LogP contribution in [0.5, 0.6) is 0 Å². The number of rotatable bonds is 4. The molecule has 0 aliphatic heterocycles. The molecule has 2 aromatic rings. The maximum atomic E-state index is 11.1. The molecule has 0 bridgehead atoms. The normalized spacial score (nSPS) is 10.5. The van der Waals surface area contributed by atoms with Crippen LogP contribution in [0.25, 0.3) is 0 Å². The van der Waals surface area contributed by atoms with Crippen molar-refractivity contribution < 1.29 is 4.92 Å². The van der Waals surface area contributed by atoms with Gasteiger partial charge in [-0.1, -0.05) is 40.9 Å². The van der Waals surface area contributed by atoms with Gasteiger partial charge in [-0.3, -0.25) is 10.1 Å². The first-order chi connectivity index (χ1) is 9.90. The van der Waals surface area contributed by atoms with Crippen molar-refractivity contribution in [3.8, 4) is 0 Å². The van der Waals surface area contributed by atoms with Crippen molar-refractivity contribution in [2.45, 2.75) is 13.5 Å². The molecule has 0 unspecified atom stereocenters. The molecule has 7 heteroatoms. The van der Waals surface area contributed by atoms with Crippen molar-refractivity contribution in [2.75, 3.05) is 5.32 Å². The smallest absolute Gasteiger partial charge is 0.292 e. The highest BCUT2D eigenvalue weighted by Crippen LogP contribution is 2.33. The lowest BCUT2D eigenvalue weighted by Crippen LogP contribution is -2.04. The third-order valence-corrected chi connectivity index (χ3v) is 4.14. The third kappa shape index (κ3) is 3.59. The van der Waals surface area contributed by atoms with E-state index in [1.807, 2.05) is 0 Å². The number of benzene rings is 2. The molecule has 0 spiro atoms. The molecule has 0 aliphatic carbocycles. The summed E-state index contributed by atoms with van der Waals surface area (Å²) in [6, 6.07) is 8.18. The lowest BCUT2D eigenvalue weighted by molar-refractivity contribution is -0.384. The number of hydrogen-bond donors (Lipinski definition) is 1. The quantitative estimate of drug-likeness (QED) is 0.454. The molecule has 0 amide bonds. The molecule has 4 nitrogen and oxygen atoms in total. The molecule has 0 heterocycles. The summed E-state index contributed by atoms with van der Waals surface area (Å²) in [5.41, 5.74) is 1.81. The molecule has 1 N–H and O–H groups in total. The molecule has 0 aromatic heterocycles. The lowest BCUT2D eigenvalue weighted by atomic mass is 10.1. The molecule has 0 radical (unpaired) electrons. The second kappa shape index (κ2) is 6.52. The van der Waals surface area contributed by atoms with Gasteiger partial charge in [0.25, 0.3) is 5.69 Å². The second-order valence-corrected chi connectivity index (χ2v) is 5.65. The standard InChI is InChI=1S/C14H11Cl3N2O2/c1-8-2-5-12(13(6-8)19(20)21)18-7-9-10(15)3-4-11(16)14(9)17/h2-6,18H,7H2,1H3. The number of halogens is 3. The van der Waals surface area contributed by atoms with Crippen LogP contribution in [-0.4, -0.2) is 4.92 Å². The van der Waals surface area contributed by atoms with Gasteiger partial charge < -0.3 is 5.32 Å². The van der Waals surface area contributed by atoms with E-state index in [1.54, 1.807) is 31.2 Å². The van der Waals surface area contributed by atoms with Crippen LogP contribution in [0, 0.1) is 17.0 Å². The molecule has 0 atom stereocenters. The number of nitro benzene ring substituents is 1. The summed E-state index contributed by atoms with van der Waals surface area (Å²) in [5.74, 6) is 0. The zero-order valence-corrected chi connectivity index (χ0v) is 13.3. The maximum Gasteiger partial charge on any atom is 0.292 e. The molecule has 0 fully saturated rings. The first-order valence-corrected chi connectivity index (χ1v) is 7.15. The largest absolute Gasteiger partial charge is 0.375 e. The van der Waals surface area contributed by atoms with Gasteiger partial charge in [-0.05, 0) is 30.7 Å². The molecule has 2 aromatic carbocycles. The van der Waals surface area contributed by atoms with Crippen LogP contribution in [0.2, 0.25) is 15.1 Å². The van der Waals surface area contributed by atoms with Gasteiger partial charge in [0.05, 0.1) is 15.0 Å². The van der Waals surface area contributed by atoms with Crippen molar-refractivity contribution in [1.82, 2.24) is 0 Å². The minimum atomic E-state index is -0.434. The number of nitrogens with one attached hydrogen (secondary N) is 1. The van der Waals surface area contributed by atoms with Crippen LogP contribution in [-0.2, 0) is 6.54 Å². The van der Waals surface area contributed by atoms with Gasteiger partial charge in [-0.15, -0.1) is 0 Å². The van der Waals surface area contributed by atoms with Crippen molar-refractivity contribution >= 4 is 46.2 Å². The molecular formula is C14H11Cl3N2O2. The summed E-state index contributed by atoms with van der Waals surface area (Å²) < 4.78 is 0. The fourth-order valence-corrected chi connectivity index (χ4v) is 2.54. The van der Waals surface area contributed by atoms with Crippen molar-refractivity contribution in [1.29, 1.82) is 0 Å². The van der Waals surface area contributed by atoms with E-state index in [1.165, 1.54) is 6.07 Å². The summed E-state index contributed by atoms with van der Waals surface area (Å²) in [7, 11) is 0. The Kier molecular flexibility index (Phi) is 4.93. The SMILES string of the molecule is Cc1ccc(NCc2c(Cl)ccc(Cl)c2Cl)c([N+](=O)[O-])c1. The van der Waals surface area contributed by atoms with Gasteiger partial charge in [0.15, 0.2) is 0 Å². The summed E-state index contributed by atoms with van der Waals surface area (Å²) >= 11 is 18.1. The zero-order chi connectivity index (χ0) is 15.6. The Bertz CT molecular complexity index is 705. The lowest BCUT2D eigenvalue weighted by Gasteiger charge is -2.11. The topological polar surface area (TPSA) is 55.2 Å². The molecule has 2 rings (SSSR count). The average molecular weight is 346 g/mol. The zero-order valence-electron chi connectivity index (χ0n) is 11.0. The third-order valence-electron chi connectivity index (χ3n) is 2.94. The van der Waals surface area contributed by atoms with E-state index in [0.29, 0.717) is 26.3 Å². The fourth-order valence-electron chi connectivity index (χ4n) is 1.86. The van der Waals surface area contributed by atoms with Crippen molar-refractivity contribution in [2.24, 2.45) is 0 Å². The monoisotopic (exact) mass is 344 g/mol. The molecule has 0 saturated heterocycles. The Morgan fingerprint density at radius 2 is 1.81 bits per heavy atom. The van der Waals surface area contributed by atoms with Gasteiger partial charge >= 0.3 is 0 Å². The average Bonchev–Trinajstić information content (AvgIpc) is 2.44. The van der Waals surface area contributed by atoms with Gasteiger partial charge in [0.1, 0.15) is 5.69 Å². The van der Waals surface area contributed by atoms with E-state index in [4.69, 9.17) is 34.8 Å². The highest BCUT2D eigenvalue weighted by atomic mass is 35.5. The van der Waals surface area contributed by atoms with Crippen molar-refractivity contribution in [3.63, 3.8) is 0 Å². The number of aryl methyl sites for hydroxylation is 1. The number of hydrogen-bond acceptors (Lipinski definition) is 3. The van der Waals surface area contributed by atoms with Crippen LogP contribution < -0.4 is 5.32 Å². The summed E-state index contributed by atoms with van der Waals surface area (Å²) in [5, 5.41) is 15.2. The predicted octanol–water partition coefficient (Wildman–Crippen LogP) is 5.48.